The van der Waals surface area contributed by atoms with Crippen LogP contribution in [0.5, 0.6) is 0 Å². The molecule has 0 unspecified atom stereocenters. The summed E-state index contributed by atoms with van der Waals surface area (Å²) in [7, 11) is 0. The maximum Gasteiger partial charge on any atom is 0.234 e. The summed E-state index contributed by atoms with van der Waals surface area (Å²) >= 11 is 1.51. The Bertz CT molecular complexity index is 734. The number of rotatable bonds is 3. The highest BCUT2D eigenvalue weighted by Crippen LogP contribution is 2.25. The van der Waals surface area contributed by atoms with Crippen LogP contribution in [-0.2, 0) is 15.9 Å². The molecule has 0 N–H and O–H groups in total. The molecule has 21 heavy (non-hydrogen) atoms. The van der Waals surface area contributed by atoms with Crippen LogP contribution in [0, 0.1) is 0 Å². The normalized spacial score (nSPS) is 19.1. The lowest BCUT2D eigenvalue weighted by Crippen LogP contribution is -2.22. The largest absolute Gasteiger partial charge is 0.376 e. The number of aromatic nitrogens is 4. The van der Waals surface area contributed by atoms with Gasteiger partial charge >= 0.3 is 0 Å². The summed E-state index contributed by atoms with van der Waals surface area (Å²) in [6.45, 7) is 1.82. The SMILES string of the molecule is c1ccc(Cc2nnc3sc([C@H]4COCCO4)nn23)cc1. The van der Waals surface area contributed by atoms with Gasteiger partial charge in [0.05, 0.1) is 19.8 Å². The van der Waals surface area contributed by atoms with E-state index in [2.05, 4.69) is 27.4 Å². The molecule has 0 radical (unpaired) electrons. The third-order valence-corrected chi connectivity index (χ3v) is 4.36. The minimum absolute atomic E-state index is 0.0879. The van der Waals surface area contributed by atoms with Crippen molar-refractivity contribution in [1.29, 1.82) is 0 Å². The van der Waals surface area contributed by atoms with Crippen molar-refractivity contribution in [3.8, 4) is 0 Å². The van der Waals surface area contributed by atoms with Crippen molar-refractivity contribution in [3.63, 3.8) is 0 Å². The average molecular weight is 302 g/mol. The van der Waals surface area contributed by atoms with Crippen molar-refractivity contribution < 1.29 is 9.47 Å². The topological polar surface area (TPSA) is 61.5 Å². The maximum atomic E-state index is 5.68. The highest BCUT2D eigenvalue weighted by atomic mass is 32.1. The van der Waals surface area contributed by atoms with Crippen molar-refractivity contribution in [2.75, 3.05) is 19.8 Å². The van der Waals surface area contributed by atoms with E-state index in [1.165, 1.54) is 16.9 Å². The summed E-state index contributed by atoms with van der Waals surface area (Å²) in [5.41, 5.74) is 1.19. The molecule has 108 valence electrons. The van der Waals surface area contributed by atoms with Gasteiger partial charge in [0.1, 0.15) is 11.1 Å². The minimum Gasteiger partial charge on any atom is -0.376 e. The lowest BCUT2D eigenvalue weighted by Gasteiger charge is -2.20. The van der Waals surface area contributed by atoms with E-state index >= 15 is 0 Å². The fourth-order valence-electron chi connectivity index (χ4n) is 2.32. The first-order valence-electron chi connectivity index (χ1n) is 6.84. The fourth-order valence-corrected chi connectivity index (χ4v) is 3.21. The van der Waals surface area contributed by atoms with Gasteiger partial charge in [-0.2, -0.15) is 9.61 Å². The maximum absolute atomic E-state index is 5.68. The summed E-state index contributed by atoms with van der Waals surface area (Å²) in [5, 5.41) is 13.9. The fraction of sp³-hybridized carbons (Fsp3) is 0.357. The van der Waals surface area contributed by atoms with E-state index in [1.807, 2.05) is 22.7 Å². The van der Waals surface area contributed by atoms with Crippen LogP contribution >= 0.6 is 11.3 Å². The monoisotopic (exact) mass is 302 g/mol. The second-order valence-corrected chi connectivity index (χ2v) is 5.84. The van der Waals surface area contributed by atoms with Crippen molar-refractivity contribution >= 4 is 16.3 Å². The first-order chi connectivity index (χ1) is 10.4. The van der Waals surface area contributed by atoms with Crippen LogP contribution in [0.15, 0.2) is 30.3 Å². The molecule has 2 aromatic heterocycles. The zero-order chi connectivity index (χ0) is 14.1. The molecule has 3 heterocycles. The van der Waals surface area contributed by atoms with Gasteiger partial charge in [0.2, 0.25) is 4.96 Å². The summed E-state index contributed by atoms with van der Waals surface area (Å²) in [6.07, 6.45) is 0.628. The summed E-state index contributed by atoms with van der Waals surface area (Å²) in [5.74, 6) is 0.843. The Labute approximate surface area is 125 Å². The number of hydrogen-bond acceptors (Lipinski definition) is 6. The number of benzene rings is 1. The van der Waals surface area contributed by atoms with E-state index in [0.29, 0.717) is 26.2 Å². The smallest absolute Gasteiger partial charge is 0.234 e. The Kier molecular flexibility index (Phi) is 3.38. The number of fused-ring (bicyclic) bond motifs is 1. The standard InChI is InChI=1S/C14H14N4O2S/c1-2-4-10(5-3-1)8-12-15-16-14-18(12)17-13(21-14)11-9-19-6-7-20-11/h1-5,11H,6-9H2/t11-/m1/s1. The highest BCUT2D eigenvalue weighted by molar-refractivity contribution is 7.16. The van der Waals surface area contributed by atoms with Crippen molar-refractivity contribution in [2.24, 2.45) is 0 Å². The van der Waals surface area contributed by atoms with E-state index in [-0.39, 0.29) is 6.10 Å². The van der Waals surface area contributed by atoms with E-state index in [0.717, 1.165) is 15.8 Å². The third-order valence-electron chi connectivity index (χ3n) is 3.37. The van der Waals surface area contributed by atoms with Gasteiger partial charge in [-0.1, -0.05) is 41.7 Å². The van der Waals surface area contributed by atoms with Gasteiger partial charge in [0, 0.05) is 6.42 Å². The molecule has 0 amide bonds. The van der Waals surface area contributed by atoms with Crippen LogP contribution in [0.25, 0.3) is 4.96 Å². The van der Waals surface area contributed by atoms with Crippen LogP contribution in [0.4, 0.5) is 0 Å². The molecule has 1 aromatic carbocycles. The lowest BCUT2D eigenvalue weighted by molar-refractivity contribution is -0.0904. The van der Waals surface area contributed by atoms with Crippen LogP contribution in [0.2, 0.25) is 0 Å². The van der Waals surface area contributed by atoms with E-state index in [9.17, 15) is 0 Å². The van der Waals surface area contributed by atoms with Crippen LogP contribution < -0.4 is 0 Å². The zero-order valence-corrected chi connectivity index (χ0v) is 12.1. The van der Waals surface area contributed by atoms with Crippen LogP contribution in [0.1, 0.15) is 22.5 Å². The Hall–Kier alpha value is -1.83. The number of ether oxygens (including phenoxy) is 2. The number of nitrogens with zero attached hydrogens (tertiary/aromatic N) is 4. The average Bonchev–Trinajstić information content (AvgIpc) is 3.11. The Morgan fingerprint density at radius 1 is 1.19 bits per heavy atom. The Morgan fingerprint density at radius 3 is 2.90 bits per heavy atom. The van der Waals surface area contributed by atoms with Gasteiger partial charge in [0.15, 0.2) is 5.82 Å². The highest BCUT2D eigenvalue weighted by Gasteiger charge is 2.22. The molecular formula is C14H14N4O2S. The predicted octanol–water partition coefficient (Wildman–Crippen LogP) is 1.86. The molecular weight excluding hydrogens is 288 g/mol. The van der Waals surface area contributed by atoms with Gasteiger partial charge in [-0.15, -0.1) is 10.2 Å². The van der Waals surface area contributed by atoms with Crippen molar-refractivity contribution in [2.45, 2.75) is 12.5 Å². The van der Waals surface area contributed by atoms with Gasteiger partial charge in [-0.25, -0.2) is 0 Å². The van der Waals surface area contributed by atoms with Crippen molar-refractivity contribution in [3.05, 3.63) is 46.7 Å². The first kappa shape index (κ1) is 12.9. The summed E-state index contributed by atoms with van der Waals surface area (Å²) in [4.78, 5) is 0.796. The zero-order valence-electron chi connectivity index (χ0n) is 11.3. The second kappa shape index (κ2) is 5.51. The molecule has 0 saturated carbocycles. The molecule has 3 aromatic rings. The van der Waals surface area contributed by atoms with Gasteiger partial charge in [0.25, 0.3) is 0 Å². The molecule has 0 bridgehead atoms. The molecule has 1 saturated heterocycles. The first-order valence-corrected chi connectivity index (χ1v) is 7.66. The molecule has 1 aliphatic rings. The molecule has 7 heteroatoms. The molecule has 6 nitrogen and oxygen atoms in total. The Balaban J connectivity index is 1.63. The van der Waals surface area contributed by atoms with Crippen LogP contribution in [0.3, 0.4) is 0 Å². The summed E-state index contributed by atoms with van der Waals surface area (Å²) < 4.78 is 12.9. The second-order valence-electron chi connectivity index (χ2n) is 4.85. The molecule has 1 fully saturated rings. The van der Waals surface area contributed by atoms with E-state index in [1.54, 1.807) is 0 Å². The van der Waals surface area contributed by atoms with E-state index in [4.69, 9.17) is 9.47 Å². The van der Waals surface area contributed by atoms with Gasteiger partial charge in [-0.05, 0) is 5.56 Å². The van der Waals surface area contributed by atoms with Crippen molar-refractivity contribution in [1.82, 2.24) is 19.8 Å². The Morgan fingerprint density at radius 2 is 2.10 bits per heavy atom. The number of hydrogen-bond donors (Lipinski definition) is 0. The van der Waals surface area contributed by atoms with Gasteiger partial charge < -0.3 is 9.47 Å². The molecule has 4 rings (SSSR count). The molecule has 1 aliphatic heterocycles. The van der Waals surface area contributed by atoms with E-state index < -0.39 is 0 Å². The van der Waals surface area contributed by atoms with Gasteiger partial charge in [-0.3, -0.25) is 0 Å². The molecule has 1 atom stereocenters. The molecule has 0 aliphatic carbocycles. The third kappa shape index (κ3) is 2.55. The predicted molar refractivity (Wildman–Crippen MR) is 77.4 cm³/mol. The molecule has 0 spiro atoms. The lowest BCUT2D eigenvalue weighted by atomic mass is 10.1. The summed E-state index contributed by atoms with van der Waals surface area (Å²) in [6, 6.07) is 10.2. The van der Waals surface area contributed by atoms with Crippen LogP contribution in [-0.4, -0.2) is 39.6 Å². The minimum atomic E-state index is -0.0879. The quantitative estimate of drug-likeness (QED) is 0.739.